The van der Waals surface area contributed by atoms with E-state index in [4.69, 9.17) is 0 Å². The Balaban J connectivity index is 2.38. The van der Waals surface area contributed by atoms with Crippen LogP contribution >= 0.6 is 15.9 Å². The molecular weight excluding hydrogens is 348 g/mol. The van der Waals surface area contributed by atoms with Crippen molar-refractivity contribution in [1.29, 1.82) is 0 Å². The van der Waals surface area contributed by atoms with Gasteiger partial charge in [0.2, 0.25) is 0 Å². The summed E-state index contributed by atoms with van der Waals surface area (Å²) in [6.07, 6.45) is 0.785. The highest BCUT2D eigenvalue weighted by Gasteiger charge is 2.17. The van der Waals surface area contributed by atoms with E-state index in [-0.39, 0.29) is 17.2 Å². The summed E-state index contributed by atoms with van der Waals surface area (Å²) < 4.78 is 0.516. The molecule has 0 aliphatic carbocycles. The zero-order chi connectivity index (χ0) is 16.3. The number of benzene rings is 2. The Hall–Kier alpha value is -2.21. The molecule has 2 rings (SSSR count). The van der Waals surface area contributed by atoms with Gasteiger partial charge in [0.05, 0.1) is 10.5 Å². The normalized spacial score (nSPS) is 10.3. The van der Waals surface area contributed by atoms with Crippen molar-refractivity contribution in [2.75, 3.05) is 5.32 Å². The first-order valence-corrected chi connectivity index (χ1v) is 7.57. The number of rotatable bonds is 4. The Labute approximate surface area is 136 Å². The molecule has 1 N–H and O–H groups in total. The van der Waals surface area contributed by atoms with Gasteiger partial charge < -0.3 is 5.32 Å². The highest BCUT2D eigenvalue weighted by atomic mass is 79.9. The van der Waals surface area contributed by atoms with Crippen LogP contribution in [-0.2, 0) is 6.42 Å². The number of amides is 1. The number of hydrogen-bond acceptors (Lipinski definition) is 3. The molecule has 5 nitrogen and oxygen atoms in total. The predicted molar refractivity (Wildman–Crippen MR) is 89.3 cm³/mol. The molecule has 22 heavy (non-hydrogen) atoms. The maximum atomic E-state index is 12.5. The third kappa shape index (κ3) is 3.33. The van der Waals surface area contributed by atoms with Crippen LogP contribution in [0.25, 0.3) is 0 Å². The van der Waals surface area contributed by atoms with E-state index in [0.717, 1.165) is 23.2 Å². The van der Waals surface area contributed by atoms with Gasteiger partial charge in [0.25, 0.3) is 11.6 Å². The van der Waals surface area contributed by atoms with Crippen LogP contribution in [0.15, 0.2) is 40.9 Å². The van der Waals surface area contributed by atoms with E-state index in [2.05, 4.69) is 21.2 Å². The molecular formula is C16H15BrN2O3. The standard InChI is InChI=1S/C16H15BrN2O3/c1-3-11-6-4-5-10(2)15(11)18-16(20)13-9-12(19(21)22)7-8-14(13)17/h4-9H,3H2,1-2H3,(H,18,20). The predicted octanol–water partition coefficient (Wildman–Crippen LogP) is 4.48. The number of carbonyl (C=O) groups is 1. The Kier molecular flexibility index (Phi) is 4.92. The van der Waals surface area contributed by atoms with Gasteiger partial charge >= 0.3 is 0 Å². The van der Waals surface area contributed by atoms with Crippen molar-refractivity contribution in [3.63, 3.8) is 0 Å². The molecule has 6 heteroatoms. The van der Waals surface area contributed by atoms with E-state index in [1.165, 1.54) is 18.2 Å². The Morgan fingerprint density at radius 1 is 1.32 bits per heavy atom. The molecule has 0 aliphatic heterocycles. The minimum atomic E-state index is -0.519. The first kappa shape index (κ1) is 16.2. The number of nitro benzene ring substituents is 1. The van der Waals surface area contributed by atoms with Crippen LogP contribution in [0, 0.1) is 17.0 Å². The average Bonchev–Trinajstić information content (AvgIpc) is 2.49. The van der Waals surface area contributed by atoms with Gasteiger partial charge in [-0.2, -0.15) is 0 Å². The number of nitrogens with zero attached hydrogens (tertiary/aromatic N) is 1. The van der Waals surface area contributed by atoms with Gasteiger partial charge in [0.1, 0.15) is 0 Å². The zero-order valence-corrected chi connectivity index (χ0v) is 13.8. The minimum absolute atomic E-state index is 0.117. The van der Waals surface area contributed by atoms with Crippen LogP contribution in [-0.4, -0.2) is 10.8 Å². The number of hydrogen-bond donors (Lipinski definition) is 1. The quantitative estimate of drug-likeness (QED) is 0.643. The lowest BCUT2D eigenvalue weighted by molar-refractivity contribution is -0.384. The van der Waals surface area contributed by atoms with Gasteiger partial charge in [-0.05, 0) is 46.5 Å². The van der Waals surface area contributed by atoms with Gasteiger partial charge in [-0.15, -0.1) is 0 Å². The first-order chi connectivity index (χ1) is 10.4. The third-order valence-electron chi connectivity index (χ3n) is 3.38. The molecule has 0 fully saturated rings. The Morgan fingerprint density at radius 2 is 2.05 bits per heavy atom. The molecule has 0 aliphatic rings. The average molecular weight is 363 g/mol. The molecule has 2 aromatic rings. The summed E-state index contributed by atoms with van der Waals surface area (Å²) in [4.78, 5) is 22.8. The number of carbonyl (C=O) groups excluding carboxylic acids is 1. The number of para-hydroxylation sites is 1. The molecule has 1 amide bonds. The van der Waals surface area contributed by atoms with E-state index in [1.54, 1.807) is 0 Å². The lowest BCUT2D eigenvalue weighted by Crippen LogP contribution is -2.15. The monoisotopic (exact) mass is 362 g/mol. The summed E-state index contributed by atoms with van der Waals surface area (Å²) >= 11 is 3.26. The second-order valence-corrected chi connectivity index (χ2v) is 5.69. The summed E-state index contributed by atoms with van der Waals surface area (Å²) in [7, 11) is 0. The highest BCUT2D eigenvalue weighted by Crippen LogP contribution is 2.26. The SMILES string of the molecule is CCc1cccc(C)c1NC(=O)c1cc([N+](=O)[O-])ccc1Br. The van der Waals surface area contributed by atoms with Gasteiger partial charge in [-0.3, -0.25) is 14.9 Å². The second-order valence-electron chi connectivity index (χ2n) is 4.84. The largest absolute Gasteiger partial charge is 0.321 e. The molecule has 0 atom stereocenters. The summed E-state index contributed by atoms with van der Waals surface area (Å²) in [6.45, 7) is 3.92. The van der Waals surface area contributed by atoms with E-state index >= 15 is 0 Å². The fourth-order valence-electron chi connectivity index (χ4n) is 2.18. The molecule has 114 valence electrons. The van der Waals surface area contributed by atoms with Crippen molar-refractivity contribution in [1.82, 2.24) is 0 Å². The van der Waals surface area contributed by atoms with Crippen LogP contribution in [0.5, 0.6) is 0 Å². The van der Waals surface area contributed by atoms with Gasteiger partial charge in [-0.25, -0.2) is 0 Å². The van der Waals surface area contributed by atoms with Gasteiger partial charge in [-0.1, -0.05) is 25.1 Å². The zero-order valence-electron chi connectivity index (χ0n) is 12.2. The molecule has 0 aromatic heterocycles. The topological polar surface area (TPSA) is 72.2 Å². The smallest absolute Gasteiger partial charge is 0.270 e. The van der Waals surface area contributed by atoms with Crippen molar-refractivity contribution in [2.45, 2.75) is 20.3 Å². The van der Waals surface area contributed by atoms with Crippen LogP contribution in [0.2, 0.25) is 0 Å². The van der Waals surface area contributed by atoms with E-state index in [9.17, 15) is 14.9 Å². The Bertz CT molecular complexity index is 744. The number of halogens is 1. The van der Waals surface area contributed by atoms with Crippen molar-refractivity contribution in [3.8, 4) is 0 Å². The summed E-state index contributed by atoms with van der Waals surface area (Å²) in [5.41, 5.74) is 2.85. The molecule has 0 heterocycles. The van der Waals surface area contributed by atoms with Crippen LogP contribution < -0.4 is 5.32 Å². The first-order valence-electron chi connectivity index (χ1n) is 6.77. The summed E-state index contributed by atoms with van der Waals surface area (Å²) in [5.74, 6) is -0.375. The highest BCUT2D eigenvalue weighted by molar-refractivity contribution is 9.10. The molecule has 0 saturated carbocycles. The number of non-ortho nitro benzene ring substituents is 1. The van der Waals surface area contributed by atoms with Crippen molar-refractivity contribution < 1.29 is 9.72 Å². The van der Waals surface area contributed by atoms with E-state index in [1.807, 2.05) is 32.0 Å². The van der Waals surface area contributed by atoms with Crippen LogP contribution in [0.3, 0.4) is 0 Å². The van der Waals surface area contributed by atoms with Crippen molar-refractivity contribution in [3.05, 3.63) is 67.7 Å². The number of nitro groups is 1. The number of nitrogens with one attached hydrogen (secondary N) is 1. The maximum Gasteiger partial charge on any atom is 0.270 e. The Morgan fingerprint density at radius 3 is 2.68 bits per heavy atom. The van der Waals surface area contributed by atoms with E-state index in [0.29, 0.717) is 4.47 Å². The number of aryl methyl sites for hydroxylation is 2. The lowest BCUT2D eigenvalue weighted by Gasteiger charge is -2.13. The van der Waals surface area contributed by atoms with Gasteiger partial charge in [0, 0.05) is 22.3 Å². The fraction of sp³-hybridized carbons (Fsp3) is 0.188. The van der Waals surface area contributed by atoms with E-state index < -0.39 is 4.92 Å². The third-order valence-corrected chi connectivity index (χ3v) is 4.08. The van der Waals surface area contributed by atoms with Crippen LogP contribution in [0.1, 0.15) is 28.4 Å². The minimum Gasteiger partial charge on any atom is -0.321 e. The molecule has 0 bridgehead atoms. The molecule has 0 spiro atoms. The van der Waals surface area contributed by atoms with Crippen molar-refractivity contribution >= 4 is 33.2 Å². The van der Waals surface area contributed by atoms with Crippen LogP contribution in [0.4, 0.5) is 11.4 Å². The molecule has 0 radical (unpaired) electrons. The number of anilines is 1. The lowest BCUT2D eigenvalue weighted by atomic mass is 10.1. The second kappa shape index (κ2) is 6.70. The van der Waals surface area contributed by atoms with Gasteiger partial charge in [0.15, 0.2) is 0 Å². The molecule has 2 aromatic carbocycles. The summed E-state index contributed by atoms with van der Waals surface area (Å²) in [6, 6.07) is 9.93. The van der Waals surface area contributed by atoms with Crippen molar-refractivity contribution in [2.24, 2.45) is 0 Å². The molecule has 0 unspecified atom stereocenters. The fourth-order valence-corrected chi connectivity index (χ4v) is 2.61. The summed E-state index contributed by atoms with van der Waals surface area (Å²) in [5, 5.41) is 13.7. The maximum absolute atomic E-state index is 12.5. The molecule has 0 saturated heterocycles.